The summed E-state index contributed by atoms with van der Waals surface area (Å²) in [6.45, 7) is 5.75. The molecule has 0 spiro atoms. The van der Waals surface area contributed by atoms with Gasteiger partial charge in [-0.25, -0.2) is 8.42 Å². The molecule has 1 heterocycles. The minimum atomic E-state index is -3.78. The predicted octanol–water partition coefficient (Wildman–Crippen LogP) is 4.57. The molecule has 6 heteroatoms. The summed E-state index contributed by atoms with van der Waals surface area (Å²) < 4.78 is 29.1. The van der Waals surface area contributed by atoms with E-state index in [9.17, 15) is 13.2 Å². The lowest BCUT2D eigenvalue weighted by molar-refractivity contribution is -0.114. The van der Waals surface area contributed by atoms with Crippen molar-refractivity contribution in [3.05, 3.63) is 59.2 Å². The quantitative estimate of drug-likeness (QED) is 0.818. The summed E-state index contributed by atoms with van der Waals surface area (Å²) in [5, 5.41) is 2.68. The molecule has 1 N–H and O–H groups in total. The van der Waals surface area contributed by atoms with E-state index in [0.717, 1.165) is 42.4 Å². The molecule has 1 aliphatic heterocycles. The Hall–Kier alpha value is -2.18. The predicted molar refractivity (Wildman–Crippen MR) is 112 cm³/mol. The molecular formula is C22H28N2O3S. The number of nitrogens with one attached hydrogen (secondary N) is 1. The van der Waals surface area contributed by atoms with E-state index >= 15 is 0 Å². The summed E-state index contributed by atoms with van der Waals surface area (Å²) in [5.74, 6) is -0.286. The van der Waals surface area contributed by atoms with Crippen LogP contribution in [0.2, 0.25) is 0 Å². The van der Waals surface area contributed by atoms with Gasteiger partial charge in [0, 0.05) is 13.5 Å². The lowest BCUT2D eigenvalue weighted by atomic mass is 10.0. The van der Waals surface area contributed by atoms with Crippen LogP contribution in [0.5, 0.6) is 0 Å². The maximum atomic E-state index is 13.7. The van der Waals surface area contributed by atoms with Gasteiger partial charge in [-0.1, -0.05) is 48.7 Å². The van der Waals surface area contributed by atoms with E-state index in [0.29, 0.717) is 12.2 Å². The first-order valence-electron chi connectivity index (χ1n) is 9.75. The average molecular weight is 401 g/mol. The highest BCUT2D eigenvalue weighted by Crippen LogP contribution is 2.37. The molecule has 1 amide bonds. The lowest BCUT2D eigenvalue weighted by Crippen LogP contribution is -2.35. The Labute approximate surface area is 167 Å². The molecule has 0 radical (unpaired) electrons. The number of amides is 1. The van der Waals surface area contributed by atoms with Crippen LogP contribution in [0.3, 0.4) is 0 Å². The smallest absolute Gasteiger partial charge is 0.245 e. The SMILES string of the molecule is CC(=O)Nc1ccc(C)cc1S(=O)(=O)N1CCCCC[C@H]1c1cccc(C)c1. The Morgan fingerprint density at radius 2 is 1.79 bits per heavy atom. The van der Waals surface area contributed by atoms with Gasteiger partial charge in [-0.15, -0.1) is 0 Å². The Bertz CT molecular complexity index is 969. The third-order valence-electron chi connectivity index (χ3n) is 5.17. The van der Waals surface area contributed by atoms with Crippen molar-refractivity contribution >= 4 is 21.6 Å². The van der Waals surface area contributed by atoms with Gasteiger partial charge < -0.3 is 5.32 Å². The topological polar surface area (TPSA) is 66.5 Å². The molecule has 0 bridgehead atoms. The first-order chi connectivity index (χ1) is 13.3. The van der Waals surface area contributed by atoms with E-state index < -0.39 is 10.0 Å². The molecule has 28 heavy (non-hydrogen) atoms. The van der Waals surface area contributed by atoms with Crippen LogP contribution < -0.4 is 5.32 Å². The average Bonchev–Trinajstić information content (AvgIpc) is 2.89. The number of aryl methyl sites for hydroxylation is 2. The van der Waals surface area contributed by atoms with Crippen LogP contribution in [0.4, 0.5) is 5.69 Å². The van der Waals surface area contributed by atoms with Crippen molar-refractivity contribution in [2.45, 2.75) is 57.4 Å². The summed E-state index contributed by atoms with van der Waals surface area (Å²) in [5.41, 5.74) is 3.33. The number of rotatable bonds is 4. The van der Waals surface area contributed by atoms with Crippen LogP contribution in [0, 0.1) is 13.8 Å². The Kier molecular flexibility index (Phi) is 6.20. The fraction of sp³-hybridized carbons (Fsp3) is 0.409. The van der Waals surface area contributed by atoms with Gasteiger partial charge in [-0.3, -0.25) is 4.79 Å². The van der Waals surface area contributed by atoms with E-state index in [-0.39, 0.29) is 16.8 Å². The molecule has 2 aromatic rings. The third-order valence-corrected chi connectivity index (χ3v) is 7.11. The zero-order valence-corrected chi connectivity index (χ0v) is 17.6. The second-order valence-corrected chi connectivity index (χ2v) is 9.43. The largest absolute Gasteiger partial charge is 0.325 e. The first-order valence-corrected chi connectivity index (χ1v) is 11.2. The van der Waals surface area contributed by atoms with E-state index in [2.05, 4.69) is 11.4 Å². The Morgan fingerprint density at radius 3 is 2.50 bits per heavy atom. The number of carbonyl (C=O) groups is 1. The summed E-state index contributed by atoms with van der Waals surface area (Å²) in [4.78, 5) is 11.8. The number of benzene rings is 2. The monoisotopic (exact) mass is 400 g/mol. The standard InChI is InChI=1S/C22H28N2O3S/c1-16-8-7-9-19(14-16)21-10-5-4-6-13-24(21)28(26,27)22-15-17(2)11-12-20(22)23-18(3)25/h7-9,11-12,14-15,21H,4-6,10,13H2,1-3H3,(H,23,25)/t21-/m0/s1. The highest BCUT2D eigenvalue weighted by atomic mass is 32.2. The molecule has 1 aliphatic rings. The van der Waals surface area contributed by atoms with E-state index in [1.54, 1.807) is 16.4 Å². The van der Waals surface area contributed by atoms with Gasteiger partial charge in [-0.2, -0.15) is 4.31 Å². The third kappa shape index (κ3) is 4.45. The van der Waals surface area contributed by atoms with E-state index in [1.165, 1.54) is 6.92 Å². The molecule has 150 valence electrons. The van der Waals surface area contributed by atoms with Crippen molar-refractivity contribution in [1.29, 1.82) is 0 Å². The molecular weight excluding hydrogens is 372 g/mol. The maximum absolute atomic E-state index is 13.7. The van der Waals surface area contributed by atoms with Gasteiger partial charge in [0.15, 0.2) is 0 Å². The summed E-state index contributed by atoms with van der Waals surface area (Å²) >= 11 is 0. The van der Waals surface area contributed by atoms with Gasteiger partial charge in [0.05, 0.1) is 11.7 Å². The van der Waals surface area contributed by atoms with Gasteiger partial charge in [0.25, 0.3) is 0 Å². The molecule has 5 nitrogen and oxygen atoms in total. The first kappa shape index (κ1) is 20.6. The Balaban J connectivity index is 2.10. The number of nitrogens with zero attached hydrogens (tertiary/aromatic N) is 1. The molecule has 2 aromatic carbocycles. The van der Waals surface area contributed by atoms with Crippen LogP contribution in [0.15, 0.2) is 47.4 Å². The van der Waals surface area contributed by atoms with Crippen molar-refractivity contribution in [1.82, 2.24) is 4.31 Å². The van der Waals surface area contributed by atoms with Crippen molar-refractivity contribution in [2.24, 2.45) is 0 Å². The van der Waals surface area contributed by atoms with Crippen LogP contribution in [0.25, 0.3) is 0 Å². The van der Waals surface area contributed by atoms with Crippen molar-refractivity contribution in [3.8, 4) is 0 Å². The molecule has 0 unspecified atom stereocenters. The number of carbonyl (C=O) groups excluding carboxylic acids is 1. The van der Waals surface area contributed by atoms with Crippen molar-refractivity contribution in [2.75, 3.05) is 11.9 Å². The second-order valence-electron chi connectivity index (χ2n) is 7.58. The highest BCUT2D eigenvalue weighted by Gasteiger charge is 2.35. The number of hydrogen-bond acceptors (Lipinski definition) is 3. The number of anilines is 1. The second kappa shape index (κ2) is 8.45. The van der Waals surface area contributed by atoms with Gasteiger partial charge in [0.2, 0.25) is 15.9 Å². The zero-order chi connectivity index (χ0) is 20.3. The normalized spacial score (nSPS) is 18.5. The Morgan fingerprint density at radius 1 is 1.04 bits per heavy atom. The summed E-state index contributed by atoms with van der Waals surface area (Å²) in [6, 6.07) is 13.0. The molecule has 0 aromatic heterocycles. The molecule has 0 aliphatic carbocycles. The maximum Gasteiger partial charge on any atom is 0.245 e. The minimum absolute atomic E-state index is 0.169. The summed E-state index contributed by atoms with van der Waals surface area (Å²) in [6.07, 6.45) is 3.64. The van der Waals surface area contributed by atoms with Crippen LogP contribution >= 0.6 is 0 Å². The molecule has 0 saturated carbocycles. The molecule has 1 atom stereocenters. The highest BCUT2D eigenvalue weighted by molar-refractivity contribution is 7.89. The fourth-order valence-electron chi connectivity index (χ4n) is 3.84. The molecule has 1 saturated heterocycles. The fourth-order valence-corrected chi connectivity index (χ4v) is 5.76. The molecule has 1 fully saturated rings. The summed E-state index contributed by atoms with van der Waals surface area (Å²) in [7, 11) is -3.78. The van der Waals surface area contributed by atoms with E-state index in [4.69, 9.17) is 0 Å². The minimum Gasteiger partial charge on any atom is -0.325 e. The van der Waals surface area contributed by atoms with Gasteiger partial charge in [0.1, 0.15) is 4.90 Å². The van der Waals surface area contributed by atoms with Crippen LogP contribution in [-0.2, 0) is 14.8 Å². The number of sulfonamides is 1. The van der Waals surface area contributed by atoms with Crippen molar-refractivity contribution in [3.63, 3.8) is 0 Å². The van der Waals surface area contributed by atoms with Crippen molar-refractivity contribution < 1.29 is 13.2 Å². The van der Waals surface area contributed by atoms with E-state index in [1.807, 2.05) is 38.1 Å². The zero-order valence-electron chi connectivity index (χ0n) is 16.7. The van der Waals surface area contributed by atoms with Gasteiger partial charge >= 0.3 is 0 Å². The lowest BCUT2D eigenvalue weighted by Gasteiger charge is -2.30. The van der Waals surface area contributed by atoms with Crippen LogP contribution in [0.1, 0.15) is 55.3 Å². The molecule has 3 rings (SSSR count). The van der Waals surface area contributed by atoms with Crippen LogP contribution in [-0.4, -0.2) is 25.2 Å². The number of hydrogen-bond donors (Lipinski definition) is 1. The van der Waals surface area contributed by atoms with Gasteiger partial charge in [-0.05, 0) is 49.9 Å².